The Balaban J connectivity index is 1.32. The van der Waals surface area contributed by atoms with Gasteiger partial charge in [0, 0.05) is 23.8 Å². The van der Waals surface area contributed by atoms with Gasteiger partial charge in [0.2, 0.25) is 0 Å². The Morgan fingerprint density at radius 3 is 2.49 bits per heavy atom. The summed E-state index contributed by atoms with van der Waals surface area (Å²) in [7, 11) is 0. The highest BCUT2D eigenvalue weighted by atomic mass is 16.6. The molecule has 4 aliphatic carbocycles. The molecule has 4 N–H and O–H groups in total. The fraction of sp³-hybridized carbons (Fsp3) is 0.893. The van der Waals surface area contributed by atoms with E-state index in [1.54, 1.807) is 0 Å². The van der Waals surface area contributed by atoms with Crippen molar-refractivity contribution in [1.29, 1.82) is 0 Å². The Kier molecular flexibility index (Phi) is 5.24. The molecule has 35 heavy (non-hydrogen) atoms. The molecule has 5 fully saturated rings. The van der Waals surface area contributed by atoms with Crippen molar-refractivity contribution >= 4 is 5.97 Å². The van der Waals surface area contributed by atoms with Crippen LogP contribution in [0.5, 0.6) is 0 Å². The van der Waals surface area contributed by atoms with Gasteiger partial charge in [-0.25, -0.2) is 4.79 Å². The monoisotopic (exact) mass is 490 g/mol. The molecule has 6 aliphatic rings. The molecule has 6 rings (SSSR count). The lowest BCUT2D eigenvalue weighted by molar-refractivity contribution is -0.250. The molecule has 196 valence electrons. The topological polar surface area (TPSA) is 120 Å². The average Bonchev–Trinajstić information content (AvgIpc) is 3.53. The molecule has 14 unspecified atom stereocenters. The Hall–Kier alpha value is -0.990. The number of ether oxygens (including phenoxy) is 2. The molecule has 0 radical (unpaired) electrons. The summed E-state index contributed by atoms with van der Waals surface area (Å²) in [4.78, 5) is 12.4. The Labute approximate surface area is 207 Å². The molecule has 0 amide bonds. The Bertz CT molecular complexity index is 963. The number of hydrogen-bond acceptors (Lipinski definition) is 7. The van der Waals surface area contributed by atoms with Gasteiger partial charge in [0.15, 0.2) is 0 Å². The van der Waals surface area contributed by atoms with Crippen LogP contribution in [0.15, 0.2) is 11.1 Å². The number of aliphatic hydroxyl groups is 4. The summed E-state index contributed by atoms with van der Waals surface area (Å²) in [5.74, 6) is 0.201. The van der Waals surface area contributed by atoms with Crippen LogP contribution < -0.4 is 0 Å². The number of rotatable bonds is 2. The van der Waals surface area contributed by atoms with Crippen LogP contribution in [-0.4, -0.2) is 68.6 Å². The van der Waals surface area contributed by atoms with E-state index in [1.165, 1.54) is 0 Å². The second kappa shape index (κ2) is 7.53. The van der Waals surface area contributed by atoms with Crippen molar-refractivity contribution in [3.8, 4) is 0 Å². The Morgan fingerprint density at radius 1 is 1.09 bits per heavy atom. The highest BCUT2D eigenvalue weighted by Gasteiger charge is 2.78. The van der Waals surface area contributed by atoms with Crippen molar-refractivity contribution in [3.63, 3.8) is 0 Å². The van der Waals surface area contributed by atoms with Crippen molar-refractivity contribution in [2.45, 2.75) is 115 Å². The molecule has 2 heterocycles. The molecule has 0 spiro atoms. The summed E-state index contributed by atoms with van der Waals surface area (Å²) in [6.45, 7) is 10.2. The molecule has 1 saturated heterocycles. The zero-order valence-electron chi connectivity index (χ0n) is 21.6. The maximum absolute atomic E-state index is 12.4. The number of epoxide rings is 1. The normalized spacial score (nSPS) is 58.0. The minimum Gasteiger partial charge on any atom is -0.458 e. The summed E-state index contributed by atoms with van der Waals surface area (Å²) >= 11 is 0. The first-order chi connectivity index (χ1) is 16.3. The number of carbonyl (C=O) groups excluding carboxylic acids is 1. The summed E-state index contributed by atoms with van der Waals surface area (Å²) in [6, 6.07) is 0. The number of aliphatic hydroxyl groups excluding tert-OH is 3. The van der Waals surface area contributed by atoms with Gasteiger partial charge in [-0.3, -0.25) is 0 Å². The van der Waals surface area contributed by atoms with Crippen LogP contribution in [0.3, 0.4) is 0 Å². The molecule has 4 saturated carbocycles. The molecule has 2 aliphatic heterocycles. The summed E-state index contributed by atoms with van der Waals surface area (Å²) in [5.41, 5.74) is -0.355. The fourth-order valence-corrected chi connectivity index (χ4v) is 10.0. The number of hydrogen-bond donors (Lipinski definition) is 4. The van der Waals surface area contributed by atoms with Crippen LogP contribution in [0.25, 0.3) is 0 Å². The summed E-state index contributed by atoms with van der Waals surface area (Å²) in [6.07, 6.45) is 0.919. The molecule has 7 nitrogen and oxygen atoms in total. The predicted octanol–water partition coefficient (Wildman–Crippen LogP) is 2.34. The highest BCUT2D eigenvalue weighted by molar-refractivity contribution is 5.89. The van der Waals surface area contributed by atoms with E-state index in [0.29, 0.717) is 18.4 Å². The van der Waals surface area contributed by atoms with E-state index in [0.717, 1.165) is 18.4 Å². The van der Waals surface area contributed by atoms with Gasteiger partial charge >= 0.3 is 5.97 Å². The predicted molar refractivity (Wildman–Crippen MR) is 127 cm³/mol. The maximum atomic E-state index is 12.4. The number of cyclic esters (lactones) is 1. The molecule has 14 atom stereocenters. The standard InChI is InChI=1S/C28H42O7/c1-12-8-19(34-25(32)13(12)2)14(3)22-18(30)10-17-21-16(6-7-26(17,22)4)27(5)20(31)9-15(29)11-28(27,33)24-23(21)35-24/h14-24,29-31,33H,6-11H2,1-5H3. The van der Waals surface area contributed by atoms with Gasteiger partial charge in [-0.1, -0.05) is 26.3 Å². The van der Waals surface area contributed by atoms with E-state index >= 15 is 0 Å². The van der Waals surface area contributed by atoms with E-state index in [9.17, 15) is 25.2 Å². The van der Waals surface area contributed by atoms with Crippen molar-refractivity contribution in [2.75, 3.05) is 0 Å². The third kappa shape index (κ3) is 2.99. The van der Waals surface area contributed by atoms with Crippen LogP contribution in [0.2, 0.25) is 0 Å². The number of fused-ring (bicyclic) bond motifs is 8. The quantitative estimate of drug-likeness (QED) is 0.346. The first kappa shape index (κ1) is 24.4. The first-order valence-corrected chi connectivity index (χ1v) is 13.6. The number of carbonyl (C=O) groups is 1. The smallest absolute Gasteiger partial charge is 0.333 e. The molecular weight excluding hydrogens is 448 g/mol. The van der Waals surface area contributed by atoms with E-state index < -0.39 is 29.3 Å². The van der Waals surface area contributed by atoms with Crippen molar-refractivity contribution < 1.29 is 34.7 Å². The minimum atomic E-state index is -1.23. The van der Waals surface area contributed by atoms with Gasteiger partial charge in [-0.2, -0.15) is 0 Å². The average molecular weight is 491 g/mol. The van der Waals surface area contributed by atoms with Gasteiger partial charge < -0.3 is 29.9 Å². The minimum absolute atomic E-state index is 0.00127. The lowest BCUT2D eigenvalue weighted by atomic mass is 9.42. The van der Waals surface area contributed by atoms with E-state index in [2.05, 4.69) is 13.8 Å². The zero-order chi connectivity index (χ0) is 25.2. The molecule has 0 aromatic carbocycles. The first-order valence-electron chi connectivity index (χ1n) is 13.6. The van der Waals surface area contributed by atoms with Gasteiger partial charge in [-0.15, -0.1) is 0 Å². The molecule has 0 aromatic rings. The largest absolute Gasteiger partial charge is 0.458 e. The lowest BCUT2D eigenvalue weighted by Crippen LogP contribution is -2.71. The van der Waals surface area contributed by atoms with Crippen LogP contribution in [-0.2, 0) is 14.3 Å². The zero-order valence-corrected chi connectivity index (χ0v) is 21.6. The van der Waals surface area contributed by atoms with Gasteiger partial charge in [0.25, 0.3) is 0 Å². The fourth-order valence-electron chi connectivity index (χ4n) is 10.0. The highest BCUT2D eigenvalue weighted by Crippen LogP contribution is 2.72. The van der Waals surface area contributed by atoms with Gasteiger partial charge in [0.05, 0.1) is 24.4 Å². The van der Waals surface area contributed by atoms with Crippen molar-refractivity contribution in [1.82, 2.24) is 0 Å². The summed E-state index contributed by atoms with van der Waals surface area (Å²) < 4.78 is 12.0. The molecule has 0 aromatic heterocycles. The van der Waals surface area contributed by atoms with E-state index in [-0.39, 0.29) is 72.1 Å². The Morgan fingerprint density at radius 2 is 1.80 bits per heavy atom. The second-order valence-electron chi connectivity index (χ2n) is 13.4. The SMILES string of the molecule is CC1=C(C)C(=O)OC(C(C)C2C(O)CC3C4C5OC5C5(O)CC(O)CC(O)C5(C)C4CCC32C)C1. The van der Waals surface area contributed by atoms with Crippen molar-refractivity contribution in [2.24, 2.45) is 40.4 Å². The summed E-state index contributed by atoms with van der Waals surface area (Å²) in [5, 5.41) is 44.9. The van der Waals surface area contributed by atoms with Gasteiger partial charge in [-0.05, 0) is 74.5 Å². The lowest BCUT2D eigenvalue weighted by Gasteiger charge is -2.63. The van der Waals surface area contributed by atoms with Crippen molar-refractivity contribution in [3.05, 3.63) is 11.1 Å². The molecule has 0 bridgehead atoms. The van der Waals surface area contributed by atoms with Crippen LogP contribution >= 0.6 is 0 Å². The third-order valence-electron chi connectivity index (χ3n) is 12.1. The van der Waals surface area contributed by atoms with E-state index in [4.69, 9.17) is 9.47 Å². The third-order valence-corrected chi connectivity index (χ3v) is 12.1. The van der Waals surface area contributed by atoms with E-state index in [1.807, 2.05) is 20.8 Å². The van der Waals surface area contributed by atoms with Crippen LogP contribution in [0, 0.1) is 40.4 Å². The number of esters is 1. The van der Waals surface area contributed by atoms with Crippen LogP contribution in [0.1, 0.15) is 73.1 Å². The molecular formula is C28H42O7. The van der Waals surface area contributed by atoms with Gasteiger partial charge in [0.1, 0.15) is 17.8 Å². The van der Waals surface area contributed by atoms with Crippen LogP contribution in [0.4, 0.5) is 0 Å². The maximum Gasteiger partial charge on any atom is 0.333 e. The molecule has 7 heteroatoms. The second-order valence-corrected chi connectivity index (χ2v) is 13.4.